The molecule has 0 bridgehead atoms. The molecule has 4 nitrogen and oxygen atoms in total. The summed E-state index contributed by atoms with van der Waals surface area (Å²) in [5.41, 5.74) is 1.16. The topological polar surface area (TPSA) is 54.9 Å². The Hall–Kier alpha value is -2.27. The molecule has 0 saturated carbocycles. The minimum absolute atomic E-state index is 0.277. The Labute approximate surface area is 124 Å². The molecule has 0 unspecified atom stereocenters. The number of anilines is 1. The lowest BCUT2D eigenvalue weighted by molar-refractivity contribution is 0.102. The van der Waals surface area contributed by atoms with E-state index in [0.29, 0.717) is 11.5 Å². The van der Waals surface area contributed by atoms with E-state index in [1.165, 1.54) is 0 Å². The zero-order valence-corrected chi connectivity index (χ0v) is 12.0. The summed E-state index contributed by atoms with van der Waals surface area (Å²) in [5.74, 6) is 0.209. The summed E-state index contributed by atoms with van der Waals surface area (Å²) < 4.78 is 0.856. The fourth-order valence-electron chi connectivity index (χ4n) is 1.85. The number of carbonyl (C=O) groups excluding carboxylic acids is 1. The average Bonchev–Trinajstić information content (AvgIpc) is 2.47. The summed E-state index contributed by atoms with van der Waals surface area (Å²) in [5, 5.41) is 3.73. The molecule has 3 aromatic rings. The summed E-state index contributed by atoms with van der Waals surface area (Å²) in [6.07, 6.45) is 1.62. The van der Waals surface area contributed by atoms with Gasteiger partial charge >= 0.3 is 0 Å². The second kappa shape index (κ2) is 5.38. The average molecular weight is 328 g/mol. The first-order chi connectivity index (χ1) is 9.72. The predicted molar refractivity (Wildman–Crippen MR) is 81.6 cm³/mol. The highest BCUT2D eigenvalue weighted by Gasteiger charge is 2.09. The van der Waals surface area contributed by atoms with Crippen molar-refractivity contribution < 1.29 is 4.79 Å². The van der Waals surface area contributed by atoms with Crippen molar-refractivity contribution in [3.8, 4) is 0 Å². The molecule has 0 fully saturated rings. The van der Waals surface area contributed by atoms with Gasteiger partial charge in [0.2, 0.25) is 0 Å². The Balaban J connectivity index is 1.88. The number of nitrogens with one attached hydrogen (secondary N) is 1. The molecular formula is C15H10BrN3O. The number of pyridine rings is 2. The first kappa shape index (κ1) is 12.7. The summed E-state index contributed by atoms with van der Waals surface area (Å²) in [7, 11) is 0. The van der Waals surface area contributed by atoms with Crippen LogP contribution < -0.4 is 5.32 Å². The summed E-state index contributed by atoms with van der Waals surface area (Å²) in [6, 6.07) is 14.8. The first-order valence-electron chi connectivity index (χ1n) is 6.01. The molecule has 0 aliphatic rings. The van der Waals surface area contributed by atoms with E-state index in [2.05, 4.69) is 31.2 Å². The molecule has 0 spiro atoms. The number of rotatable bonds is 2. The maximum Gasteiger partial charge on any atom is 0.275 e. The Bertz CT molecular complexity index is 789. The van der Waals surface area contributed by atoms with Gasteiger partial charge in [0.25, 0.3) is 5.91 Å². The number of hydrogen-bond donors (Lipinski definition) is 1. The third kappa shape index (κ3) is 2.67. The van der Waals surface area contributed by atoms with Crippen LogP contribution in [0.25, 0.3) is 10.9 Å². The van der Waals surface area contributed by atoms with Gasteiger partial charge in [0.1, 0.15) is 11.5 Å². The molecule has 1 N–H and O–H groups in total. The number of halogens is 1. The number of benzene rings is 1. The van der Waals surface area contributed by atoms with E-state index in [4.69, 9.17) is 0 Å². The van der Waals surface area contributed by atoms with E-state index in [-0.39, 0.29) is 5.91 Å². The van der Waals surface area contributed by atoms with Crippen LogP contribution in [-0.2, 0) is 0 Å². The first-order valence-corrected chi connectivity index (χ1v) is 6.80. The zero-order valence-electron chi connectivity index (χ0n) is 10.4. The van der Waals surface area contributed by atoms with Crippen molar-refractivity contribution in [2.45, 2.75) is 0 Å². The number of hydrogen-bond acceptors (Lipinski definition) is 3. The predicted octanol–water partition coefficient (Wildman–Crippen LogP) is 3.64. The Morgan fingerprint density at radius 2 is 1.95 bits per heavy atom. The highest BCUT2D eigenvalue weighted by molar-refractivity contribution is 9.10. The Kier molecular flexibility index (Phi) is 3.43. The van der Waals surface area contributed by atoms with Crippen LogP contribution in [0.15, 0.2) is 59.2 Å². The minimum Gasteiger partial charge on any atom is -0.305 e. The van der Waals surface area contributed by atoms with Crippen LogP contribution in [-0.4, -0.2) is 15.9 Å². The minimum atomic E-state index is -0.277. The van der Waals surface area contributed by atoms with Crippen LogP contribution in [0, 0.1) is 0 Å². The van der Waals surface area contributed by atoms with Crippen LogP contribution >= 0.6 is 15.9 Å². The molecule has 98 valence electrons. The third-order valence-corrected chi connectivity index (χ3v) is 3.29. The van der Waals surface area contributed by atoms with Crippen molar-refractivity contribution in [3.05, 3.63) is 64.9 Å². The lowest BCUT2D eigenvalue weighted by atomic mass is 10.2. The maximum atomic E-state index is 12.1. The van der Waals surface area contributed by atoms with Gasteiger partial charge in [-0.2, -0.15) is 0 Å². The molecule has 2 aromatic heterocycles. The normalized spacial score (nSPS) is 10.4. The largest absolute Gasteiger partial charge is 0.305 e. The van der Waals surface area contributed by atoms with Gasteiger partial charge in [0.15, 0.2) is 0 Å². The van der Waals surface area contributed by atoms with Crippen LogP contribution in [0.2, 0.25) is 0 Å². The summed E-state index contributed by atoms with van der Waals surface area (Å²) >= 11 is 3.33. The summed E-state index contributed by atoms with van der Waals surface area (Å²) in [4.78, 5) is 20.6. The van der Waals surface area contributed by atoms with Crippen molar-refractivity contribution in [3.63, 3.8) is 0 Å². The number of amides is 1. The monoisotopic (exact) mass is 327 g/mol. The van der Waals surface area contributed by atoms with Crippen LogP contribution in [0.1, 0.15) is 10.5 Å². The fraction of sp³-hybridized carbons (Fsp3) is 0. The molecule has 0 aliphatic heterocycles. The van der Waals surface area contributed by atoms with Gasteiger partial charge in [-0.25, -0.2) is 9.97 Å². The molecule has 0 radical (unpaired) electrons. The van der Waals surface area contributed by atoms with E-state index in [0.717, 1.165) is 15.4 Å². The molecule has 3 rings (SSSR count). The number of para-hydroxylation sites is 1. The van der Waals surface area contributed by atoms with Gasteiger partial charge in [-0.3, -0.25) is 4.79 Å². The molecule has 0 aliphatic carbocycles. The lowest BCUT2D eigenvalue weighted by Gasteiger charge is -2.05. The number of aromatic nitrogens is 2. The van der Waals surface area contributed by atoms with E-state index >= 15 is 0 Å². The zero-order chi connectivity index (χ0) is 13.9. The number of carbonyl (C=O) groups is 1. The highest BCUT2D eigenvalue weighted by atomic mass is 79.9. The molecule has 1 aromatic carbocycles. The van der Waals surface area contributed by atoms with Crippen LogP contribution in [0.3, 0.4) is 0 Å². The molecule has 0 atom stereocenters. The van der Waals surface area contributed by atoms with Gasteiger partial charge in [0, 0.05) is 16.1 Å². The van der Waals surface area contributed by atoms with Crippen molar-refractivity contribution in [2.24, 2.45) is 0 Å². The number of fused-ring (bicyclic) bond motifs is 1. The van der Waals surface area contributed by atoms with Gasteiger partial charge in [-0.05, 0) is 24.3 Å². The van der Waals surface area contributed by atoms with Crippen molar-refractivity contribution in [1.29, 1.82) is 0 Å². The van der Waals surface area contributed by atoms with Gasteiger partial charge in [-0.15, -0.1) is 0 Å². The Morgan fingerprint density at radius 1 is 1.10 bits per heavy atom. The molecule has 20 heavy (non-hydrogen) atoms. The van der Waals surface area contributed by atoms with E-state index in [1.807, 2.05) is 30.3 Å². The maximum absolute atomic E-state index is 12.1. The highest BCUT2D eigenvalue weighted by Crippen LogP contribution is 2.15. The van der Waals surface area contributed by atoms with Crippen molar-refractivity contribution in [2.75, 3.05) is 5.32 Å². The van der Waals surface area contributed by atoms with Gasteiger partial charge in [-0.1, -0.05) is 40.2 Å². The fourth-order valence-corrected chi connectivity index (χ4v) is 2.18. The SMILES string of the molecule is O=C(Nc1cc(Br)ccn1)c1ccc2ccccc2n1. The quantitative estimate of drug-likeness (QED) is 0.781. The standard InChI is InChI=1S/C15H10BrN3O/c16-11-7-8-17-14(9-11)19-15(20)13-6-5-10-3-1-2-4-12(10)18-13/h1-9H,(H,17,19,20). The van der Waals surface area contributed by atoms with Gasteiger partial charge < -0.3 is 5.32 Å². The molecule has 2 heterocycles. The smallest absolute Gasteiger partial charge is 0.275 e. The molecular weight excluding hydrogens is 318 g/mol. The van der Waals surface area contributed by atoms with E-state index in [1.54, 1.807) is 24.4 Å². The van der Waals surface area contributed by atoms with Crippen LogP contribution in [0.4, 0.5) is 5.82 Å². The van der Waals surface area contributed by atoms with Crippen LogP contribution in [0.5, 0.6) is 0 Å². The second-order valence-electron chi connectivity index (χ2n) is 4.20. The second-order valence-corrected chi connectivity index (χ2v) is 5.12. The molecule has 0 saturated heterocycles. The van der Waals surface area contributed by atoms with E-state index in [9.17, 15) is 4.79 Å². The Morgan fingerprint density at radius 3 is 2.80 bits per heavy atom. The van der Waals surface area contributed by atoms with E-state index < -0.39 is 0 Å². The van der Waals surface area contributed by atoms with Crippen molar-refractivity contribution in [1.82, 2.24) is 9.97 Å². The van der Waals surface area contributed by atoms with Crippen molar-refractivity contribution >= 4 is 38.6 Å². The number of nitrogens with zero attached hydrogens (tertiary/aromatic N) is 2. The third-order valence-electron chi connectivity index (χ3n) is 2.79. The van der Waals surface area contributed by atoms with Gasteiger partial charge in [0.05, 0.1) is 5.52 Å². The molecule has 1 amide bonds. The lowest BCUT2D eigenvalue weighted by Crippen LogP contribution is -2.14. The molecule has 5 heteroatoms. The summed E-state index contributed by atoms with van der Waals surface area (Å²) in [6.45, 7) is 0.